The summed E-state index contributed by atoms with van der Waals surface area (Å²) in [6, 6.07) is 1.69. The molecule has 0 bridgehead atoms. The zero-order valence-corrected chi connectivity index (χ0v) is 14.3. The Labute approximate surface area is 143 Å². The quantitative estimate of drug-likeness (QED) is 0.743. The van der Waals surface area contributed by atoms with Crippen molar-refractivity contribution in [2.75, 3.05) is 13.1 Å². The van der Waals surface area contributed by atoms with E-state index in [9.17, 15) is 4.79 Å². The summed E-state index contributed by atoms with van der Waals surface area (Å²) < 4.78 is 1.89. The van der Waals surface area contributed by atoms with Crippen LogP contribution in [0.5, 0.6) is 0 Å². The number of hydrogen-bond donors (Lipinski definition) is 2. The highest BCUT2D eigenvalue weighted by molar-refractivity contribution is 7.15. The molecule has 0 unspecified atom stereocenters. The van der Waals surface area contributed by atoms with Gasteiger partial charge in [-0.25, -0.2) is 9.50 Å². The van der Waals surface area contributed by atoms with E-state index in [1.165, 1.54) is 0 Å². The van der Waals surface area contributed by atoms with Crippen molar-refractivity contribution in [3.63, 3.8) is 0 Å². The van der Waals surface area contributed by atoms with Crippen molar-refractivity contribution in [2.45, 2.75) is 25.7 Å². The Morgan fingerprint density at radius 2 is 2.09 bits per heavy atom. The molecule has 0 aliphatic carbocycles. The number of rotatable bonds is 2. The Kier molecular flexibility index (Phi) is 4.52. The first kappa shape index (κ1) is 16.2. The number of nitrogens with one attached hydrogen (secondary N) is 2. The predicted molar refractivity (Wildman–Crippen MR) is 93.8 cm³/mol. The van der Waals surface area contributed by atoms with Crippen LogP contribution in [0.1, 0.15) is 29.5 Å². The molecule has 0 saturated carbocycles. The monoisotopic (exact) mass is 351 g/mol. The molecule has 1 fully saturated rings. The van der Waals surface area contributed by atoms with Gasteiger partial charge in [0.15, 0.2) is 0 Å². The third-order valence-electron chi connectivity index (χ3n) is 4.18. The van der Waals surface area contributed by atoms with Gasteiger partial charge in [0.25, 0.3) is 5.56 Å². The molecule has 3 aromatic heterocycles. The molecule has 0 aromatic carbocycles. The van der Waals surface area contributed by atoms with Crippen LogP contribution in [0.4, 0.5) is 0 Å². The first-order valence-electron chi connectivity index (χ1n) is 7.47. The average Bonchev–Trinajstić information content (AvgIpc) is 3.13. The van der Waals surface area contributed by atoms with Gasteiger partial charge < -0.3 is 10.3 Å². The zero-order valence-electron chi connectivity index (χ0n) is 12.7. The highest BCUT2D eigenvalue weighted by Crippen LogP contribution is 2.30. The summed E-state index contributed by atoms with van der Waals surface area (Å²) in [4.78, 5) is 20.4. The molecule has 6 nitrogen and oxygen atoms in total. The lowest BCUT2D eigenvalue weighted by Crippen LogP contribution is -2.28. The van der Waals surface area contributed by atoms with Gasteiger partial charge in [-0.05, 0) is 32.9 Å². The second kappa shape index (κ2) is 6.43. The summed E-state index contributed by atoms with van der Waals surface area (Å²) in [5, 5.41) is 8.89. The van der Waals surface area contributed by atoms with E-state index < -0.39 is 0 Å². The van der Waals surface area contributed by atoms with Gasteiger partial charge in [-0.3, -0.25) is 4.79 Å². The summed E-state index contributed by atoms with van der Waals surface area (Å²) in [6.45, 7) is 3.95. The third kappa shape index (κ3) is 2.91. The number of nitrogens with zero attached hydrogens (tertiary/aromatic N) is 3. The Morgan fingerprint density at radius 3 is 2.78 bits per heavy atom. The van der Waals surface area contributed by atoms with Crippen molar-refractivity contribution in [3.05, 3.63) is 39.5 Å². The van der Waals surface area contributed by atoms with Crippen molar-refractivity contribution in [1.82, 2.24) is 24.9 Å². The first-order valence-corrected chi connectivity index (χ1v) is 8.28. The molecule has 2 N–H and O–H groups in total. The van der Waals surface area contributed by atoms with Crippen molar-refractivity contribution in [3.8, 4) is 10.4 Å². The van der Waals surface area contributed by atoms with Crippen LogP contribution in [-0.4, -0.2) is 32.7 Å². The Bertz CT molecular complexity index is 878. The maximum Gasteiger partial charge on any atom is 0.251 e. The molecule has 1 aliphatic heterocycles. The maximum absolute atomic E-state index is 12.1. The van der Waals surface area contributed by atoms with Gasteiger partial charge in [0.05, 0.1) is 27.3 Å². The van der Waals surface area contributed by atoms with Gasteiger partial charge in [-0.2, -0.15) is 5.10 Å². The van der Waals surface area contributed by atoms with E-state index in [1.807, 2.05) is 23.8 Å². The fraction of sp³-hybridized carbons (Fsp3) is 0.400. The molecule has 122 valence electrons. The van der Waals surface area contributed by atoms with E-state index in [0.717, 1.165) is 52.7 Å². The van der Waals surface area contributed by atoms with Crippen LogP contribution in [0.3, 0.4) is 0 Å². The molecule has 4 rings (SSSR count). The largest absolute Gasteiger partial charge is 0.317 e. The van der Waals surface area contributed by atoms with E-state index in [2.05, 4.69) is 20.4 Å². The number of aromatic amines is 1. The van der Waals surface area contributed by atoms with E-state index in [4.69, 9.17) is 0 Å². The third-order valence-corrected chi connectivity index (χ3v) is 5.12. The average molecular weight is 352 g/mol. The predicted octanol–water partition coefficient (Wildman–Crippen LogP) is 2.34. The fourth-order valence-electron chi connectivity index (χ4n) is 3.09. The highest BCUT2D eigenvalue weighted by atomic mass is 35.5. The number of piperidine rings is 1. The molecule has 1 aliphatic rings. The summed E-state index contributed by atoms with van der Waals surface area (Å²) in [7, 11) is 0. The van der Waals surface area contributed by atoms with Crippen molar-refractivity contribution >= 4 is 29.4 Å². The van der Waals surface area contributed by atoms with Gasteiger partial charge in [-0.15, -0.1) is 23.7 Å². The van der Waals surface area contributed by atoms with Crippen molar-refractivity contribution < 1.29 is 0 Å². The zero-order chi connectivity index (χ0) is 15.1. The van der Waals surface area contributed by atoms with Gasteiger partial charge in [0.2, 0.25) is 0 Å². The number of fused-ring (bicyclic) bond motifs is 1. The smallest absolute Gasteiger partial charge is 0.251 e. The van der Waals surface area contributed by atoms with E-state index in [1.54, 1.807) is 17.4 Å². The number of halogens is 1. The van der Waals surface area contributed by atoms with E-state index in [0.29, 0.717) is 5.92 Å². The lowest BCUT2D eigenvalue weighted by molar-refractivity contribution is 0.446. The first-order chi connectivity index (χ1) is 10.7. The lowest BCUT2D eigenvalue weighted by Gasteiger charge is -2.23. The minimum atomic E-state index is -0.0657. The van der Waals surface area contributed by atoms with Crippen molar-refractivity contribution in [2.24, 2.45) is 0 Å². The van der Waals surface area contributed by atoms with Crippen LogP contribution >= 0.6 is 23.7 Å². The second-order valence-corrected chi connectivity index (χ2v) is 6.88. The summed E-state index contributed by atoms with van der Waals surface area (Å²) >= 11 is 1.61. The Hall–Kier alpha value is -1.70. The van der Waals surface area contributed by atoms with Crippen LogP contribution in [0.2, 0.25) is 0 Å². The number of thiazole rings is 1. The normalized spacial score (nSPS) is 15.7. The summed E-state index contributed by atoms with van der Waals surface area (Å²) in [5.41, 5.74) is 2.65. The van der Waals surface area contributed by atoms with E-state index in [-0.39, 0.29) is 18.0 Å². The molecular formula is C15H18ClN5OS. The van der Waals surface area contributed by atoms with Gasteiger partial charge in [-0.1, -0.05) is 0 Å². The number of aryl methyl sites for hydroxylation is 1. The fourth-order valence-corrected chi connectivity index (χ4v) is 3.88. The summed E-state index contributed by atoms with van der Waals surface area (Å²) in [6.07, 6.45) is 5.73. The van der Waals surface area contributed by atoms with Crippen LogP contribution in [0, 0.1) is 6.92 Å². The van der Waals surface area contributed by atoms with Crippen LogP contribution in [0.15, 0.2) is 23.3 Å². The molecule has 8 heteroatoms. The molecule has 0 radical (unpaired) electrons. The van der Waals surface area contributed by atoms with Gasteiger partial charge >= 0.3 is 0 Å². The van der Waals surface area contributed by atoms with Gasteiger partial charge in [0, 0.05) is 18.2 Å². The standard InChI is InChI=1S/C15H17N5OS.ClH/c1-9-17-8-13(22-9)11-7-18-20-12(6-14(21)19-15(11)20)10-2-4-16-5-3-10;/h6-8,10,16H,2-5H2,1H3,(H,19,21);1H. The molecule has 3 aromatic rings. The van der Waals surface area contributed by atoms with Crippen LogP contribution in [0.25, 0.3) is 16.1 Å². The molecule has 0 spiro atoms. The van der Waals surface area contributed by atoms with Crippen LogP contribution < -0.4 is 10.9 Å². The Balaban J connectivity index is 0.00000156. The molecule has 4 heterocycles. The maximum atomic E-state index is 12.1. The summed E-state index contributed by atoms with van der Waals surface area (Å²) in [5.74, 6) is 0.377. The lowest BCUT2D eigenvalue weighted by atomic mass is 9.94. The SMILES string of the molecule is Cc1ncc(-c2cnn3c(C4CCNCC4)cc(=O)[nH]c23)s1.Cl. The molecule has 0 amide bonds. The number of hydrogen-bond acceptors (Lipinski definition) is 5. The highest BCUT2D eigenvalue weighted by Gasteiger charge is 2.21. The number of aromatic nitrogens is 4. The Morgan fingerprint density at radius 1 is 1.30 bits per heavy atom. The topological polar surface area (TPSA) is 75.1 Å². The molecule has 23 heavy (non-hydrogen) atoms. The van der Waals surface area contributed by atoms with Crippen molar-refractivity contribution in [1.29, 1.82) is 0 Å². The minimum Gasteiger partial charge on any atom is -0.317 e. The molecule has 1 saturated heterocycles. The molecular weight excluding hydrogens is 334 g/mol. The molecule has 0 atom stereocenters. The van der Waals surface area contributed by atoms with Gasteiger partial charge in [0.1, 0.15) is 5.65 Å². The van der Waals surface area contributed by atoms with Crippen LogP contribution in [-0.2, 0) is 0 Å². The number of H-pyrrole nitrogens is 1. The van der Waals surface area contributed by atoms with E-state index >= 15 is 0 Å². The second-order valence-electron chi connectivity index (χ2n) is 5.64. The minimum absolute atomic E-state index is 0.